The van der Waals surface area contributed by atoms with Crippen LogP contribution >= 0.6 is 57.1 Å². The lowest BCUT2D eigenvalue weighted by Crippen LogP contribution is -2.50. The largest absolute Gasteiger partial charge is 0.534 e. The van der Waals surface area contributed by atoms with Crippen molar-refractivity contribution >= 4 is 127 Å². The lowest BCUT2D eigenvalue weighted by Gasteiger charge is -2.41. The van der Waals surface area contributed by atoms with E-state index in [1.54, 1.807) is 114 Å². The van der Waals surface area contributed by atoms with E-state index in [-0.39, 0.29) is 33.3 Å². The molecular formula is C83H112Cl5F3N14O11S3. The van der Waals surface area contributed by atoms with Crippen molar-refractivity contribution in [3.63, 3.8) is 0 Å². The normalized spacial score (nSPS) is 18.1. The quantitative estimate of drug-likeness (QED) is 0.0311. The molecule has 8 aliphatic rings. The van der Waals surface area contributed by atoms with Crippen LogP contribution in [0.3, 0.4) is 0 Å². The molecule has 6 aliphatic heterocycles. The summed E-state index contributed by atoms with van der Waals surface area (Å²) in [5.41, 5.74) is -4.34. The summed E-state index contributed by atoms with van der Waals surface area (Å²) in [7, 11) is 5.42. The van der Waals surface area contributed by atoms with Crippen LogP contribution in [0.25, 0.3) is 0 Å². The minimum atomic E-state index is -5.83. The predicted octanol–water partition coefficient (Wildman–Crippen LogP) is 14.9. The molecule has 2 aromatic carbocycles. The maximum atomic E-state index is 12.7. The molecule has 2 saturated carbocycles. The van der Waals surface area contributed by atoms with Crippen molar-refractivity contribution in [2.24, 2.45) is 47.3 Å². The molecule has 14 rings (SSSR count). The molecule has 6 aromatic rings. The predicted molar refractivity (Wildman–Crippen MR) is 463 cm³/mol. The average molecular weight is 1810 g/mol. The molecule has 2 aliphatic carbocycles. The topological polar surface area (TPSA) is 281 Å². The highest BCUT2D eigenvalue weighted by atomic mass is 35.7. The first-order chi connectivity index (χ1) is 56.3. The van der Waals surface area contributed by atoms with Crippen molar-refractivity contribution in [1.29, 1.82) is 0 Å². The van der Waals surface area contributed by atoms with Gasteiger partial charge in [0.05, 0.1) is 32.0 Å². The zero-order chi connectivity index (χ0) is 86.5. The van der Waals surface area contributed by atoms with E-state index in [4.69, 9.17) is 57.1 Å². The number of sulfonamides is 1. The van der Waals surface area contributed by atoms with Crippen molar-refractivity contribution in [3.05, 3.63) is 152 Å². The first-order valence-corrected chi connectivity index (χ1v) is 47.3. The number of carbonyl (C=O) groups is 4. The number of halogens is 8. The minimum absolute atomic E-state index is 0.103. The highest BCUT2D eigenvalue weighted by Crippen LogP contribution is 2.39. The number of alkyl halides is 3. The highest BCUT2D eigenvalue weighted by Gasteiger charge is 2.49. The first-order valence-electron chi connectivity index (χ1n) is 40.6. The van der Waals surface area contributed by atoms with E-state index in [0.717, 1.165) is 129 Å². The average Bonchev–Trinajstić information content (AvgIpc) is 0.781. The van der Waals surface area contributed by atoms with Gasteiger partial charge in [-0.05, 0) is 217 Å². The Labute approximate surface area is 724 Å². The monoisotopic (exact) mass is 1810 g/mol. The number of aromatic nitrogens is 4. The van der Waals surface area contributed by atoms with E-state index in [9.17, 15) is 57.6 Å². The SMILES string of the molecule is C1CC(CC2CCNCC2)C1.CN(C)C(=O)c1ccc(N2CCC(CC3CCC3)CC2)nc1Cl.CN(C)C(=O)c1ccc(N2CCC(CC3CN(S(=O)(=O)c4ccccc4)C3)CC2)nc1Cl.CN(C)C(=O)c1ccc(N2CCC(CC3CNC3)CC2)nc1Cl.CN(C)C(=O)c1ccc(OS(=O)(=O)C(F)(F)F)nc1Cl.O=S(=O)(Cl)c1ccccc1. The Kier molecular flexibility index (Phi) is 35.8. The van der Waals surface area contributed by atoms with Crippen LogP contribution in [0.4, 0.5) is 30.6 Å². The lowest BCUT2D eigenvalue weighted by molar-refractivity contribution is -0.0501. The number of rotatable bonds is 20. The Bertz CT molecular complexity index is 4580. The standard InChI is InChI=1S/C23H29ClN4O3S.C18H26ClN3O.C17H25ClN4O.C10H19N.C9H8ClF3N2O4S.C6H5ClO2S/c1-26(2)23(29)20-8-9-21(25-22(20)24)27-12-10-17(11-13-27)14-18-15-28(16-18)32(30,31)19-6-4-3-5-7-19;1-21(2)18(23)15-6-7-16(20-17(15)19)22-10-8-14(9-11-22)12-13-4-3-5-13;1-21(2)17(23)14-3-4-15(20-16(14)18)22-7-5-12(6-8-22)9-13-10-19-11-13;1-2-9(3-1)8-10-4-6-11-7-5-10;1-15(2)8(16)5-3-4-6(14-7(5)10)19-20(17,18)9(11,12)13;7-10(8,9)6-4-2-1-3-5-6/h3-9,17-18H,10-16H2,1-2H3;6-7,13-14H,3-5,8-12H2,1-2H3;3-4,12-13,19H,5-11H2,1-2H3;9-11H,1-8H2;3-4H,1-2H3;1-5H. The lowest BCUT2D eigenvalue weighted by atomic mass is 9.76. The van der Waals surface area contributed by atoms with E-state index in [0.29, 0.717) is 56.8 Å². The third-order valence-electron chi connectivity index (χ3n) is 22.9. The van der Waals surface area contributed by atoms with Crippen molar-refractivity contribution in [1.82, 2.24) is 54.5 Å². The molecule has 0 spiro atoms. The Morgan fingerprint density at radius 3 is 1.01 bits per heavy atom. The molecular weight excluding hydrogens is 1700 g/mol. The van der Waals surface area contributed by atoms with Crippen LogP contribution in [0.5, 0.6) is 5.88 Å². The summed E-state index contributed by atoms with van der Waals surface area (Å²) in [6, 6.07) is 29.4. The van der Waals surface area contributed by atoms with Gasteiger partial charge in [-0.1, -0.05) is 121 Å². The fourth-order valence-corrected chi connectivity index (χ4v) is 19.1. The van der Waals surface area contributed by atoms with E-state index >= 15 is 0 Å². The van der Waals surface area contributed by atoms with E-state index in [1.807, 2.05) is 24.3 Å². The van der Waals surface area contributed by atoms with Gasteiger partial charge in [0, 0.05) is 125 Å². The van der Waals surface area contributed by atoms with Crippen molar-refractivity contribution in [2.75, 3.05) is 150 Å². The summed E-state index contributed by atoms with van der Waals surface area (Å²) in [6.07, 6.45) is 24.1. The summed E-state index contributed by atoms with van der Waals surface area (Å²) in [6.45, 7) is 12.0. The fraction of sp³-hybridized carbons (Fsp3) is 0.566. The number of piperidine rings is 4. The second-order valence-electron chi connectivity index (χ2n) is 32.6. The van der Waals surface area contributed by atoms with Crippen LogP contribution in [0.1, 0.15) is 157 Å². The molecule has 4 aromatic heterocycles. The molecule has 0 atom stereocenters. The zero-order valence-electron chi connectivity index (χ0n) is 68.8. The van der Waals surface area contributed by atoms with Gasteiger partial charge in [-0.2, -0.15) is 30.9 Å². The van der Waals surface area contributed by atoms with Crippen molar-refractivity contribution in [3.8, 4) is 5.88 Å². The van der Waals surface area contributed by atoms with Crippen LogP contribution in [-0.2, 0) is 29.2 Å². The molecule has 2 N–H and O–H groups in total. The number of hydrogen-bond acceptors (Lipinski definition) is 20. The van der Waals surface area contributed by atoms with Gasteiger partial charge in [0.1, 0.15) is 38.1 Å². The number of nitrogens with zero attached hydrogens (tertiary/aromatic N) is 12. The number of carbonyl (C=O) groups excluding carboxylic acids is 4. The van der Waals surface area contributed by atoms with Gasteiger partial charge >= 0.3 is 15.6 Å². The summed E-state index contributed by atoms with van der Waals surface area (Å²) < 4.78 is 110. The number of benzene rings is 2. The maximum Gasteiger partial charge on any atom is 0.534 e. The zero-order valence-corrected chi connectivity index (χ0v) is 75.1. The molecule has 0 bridgehead atoms. The summed E-state index contributed by atoms with van der Waals surface area (Å²) in [5, 5.41) is 7.13. The maximum absolute atomic E-state index is 12.7. The van der Waals surface area contributed by atoms with Gasteiger partial charge in [0.2, 0.25) is 15.9 Å². The summed E-state index contributed by atoms with van der Waals surface area (Å²) in [5.74, 6) is 7.57. The van der Waals surface area contributed by atoms with Gasteiger partial charge < -0.3 is 49.1 Å². The Balaban J connectivity index is 0.000000169. The molecule has 6 saturated heterocycles. The molecule has 119 heavy (non-hydrogen) atoms. The van der Waals surface area contributed by atoms with Gasteiger partial charge in [-0.15, -0.1) is 0 Å². The van der Waals surface area contributed by atoms with Crippen molar-refractivity contribution in [2.45, 2.75) is 131 Å². The molecule has 0 radical (unpaired) electrons. The van der Waals surface area contributed by atoms with Crippen LogP contribution < -0.4 is 29.5 Å². The highest BCUT2D eigenvalue weighted by molar-refractivity contribution is 8.13. The Morgan fingerprint density at radius 2 is 0.723 bits per heavy atom. The molecule has 8 fully saturated rings. The molecule has 25 nitrogen and oxygen atoms in total. The van der Waals surface area contributed by atoms with Crippen LogP contribution in [0, 0.1) is 47.3 Å². The summed E-state index contributed by atoms with van der Waals surface area (Å²) >= 11 is 24.3. The van der Waals surface area contributed by atoms with Gasteiger partial charge in [0.25, 0.3) is 32.7 Å². The molecule has 36 heteroatoms. The van der Waals surface area contributed by atoms with Gasteiger partial charge in [0.15, 0.2) is 0 Å². The van der Waals surface area contributed by atoms with Crippen molar-refractivity contribution < 1.29 is 61.8 Å². The molecule has 10 heterocycles. The number of anilines is 3. The second-order valence-corrected chi connectivity index (χ2v) is 40.1. The van der Waals surface area contributed by atoms with E-state index < -0.39 is 51.6 Å². The number of pyridine rings is 4. The van der Waals surface area contributed by atoms with E-state index in [2.05, 4.69) is 49.5 Å². The Morgan fingerprint density at radius 1 is 0.412 bits per heavy atom. The smallest absolute Gasteiger partial charge is 0.357 e. The van der Waals surface area contributed by atoms with Crippen LogP contribution in [0.2, 0.25) is 20.6 Å². The molecule has 0 unspecified atom stereocenters. The minimum Gasteiger partial charge on any atom is -0.357 e. The van der Waals surface area contributed by atoms with Crippen LogP contribution in [0.15, 0.2) is 119 Å². The molecule has 4 amide bonds. The molecule has 654 valence electrons. The van der Waals surface area contributed by atoms with E-state index in [1.165, 1.54) is 157 Å². The van der Waals surface area contributed by atoms with Crippen LogP contribution in [-0.4, -0.2) is 233 Å². The third-order valence-corrected chi connectivity index (χ3v) is 28.3. The van der Waals surface area contributed by atoms with Gasteiger partial charge in [-0.3, -0.25) is 19.2 Å². The third kappa shape index (κ3) is 28.1. The number of hydrogen-bond donors (Lipinski definition) is 2. The Hall–Kier alpha value is -6.91. The first kappa shape index (κ1) is 95.9. The number of nitrogens with one attached hydrogen (secondary N) is 2. The fourth-order valence-electron chi connectivity index (χ4n) is 15.4. The van der Waals surface area contributed by atoms with Gasteiger partial charge in [-0.25, -0.2) is 31.8 Å². The summed E-state index contributed by atoms with van der Waals surface area (Å²) in [4.78, 5) is 77.4. The second kappa shape index (κ2) is 44.4. The number of amides is 4.